The molecule has 0 saturated heterocycles. The SMILES string of the molecule is CC([O-])C(=O)[O-].CC([O-])C(=O)[O-].[NH4+].[NH4+].[OH-].[OH-].[Ti+4]. The van der Waals surface area contributed by atoms with Gasteiger partial charge in [-0.15, -0.1) is 0 Å². The summed E-state index contributed by atoms with van der Waals surface area (Å²) in [5.41, 5.74) is 0. The predicted molar refractivity (Wildman–Crippen MR) is 44.8 cm³/mol. The standard InChI is InChI=1S/2C3H5O3.2H3N.2H2O.Ti/c2*1-2(4)3(5)6;;;;;/h2*2H,1H3,(H,5,6);2*1H3;2*1H2;/q2*-1;;;;;+4/p-2. The largest absolute Gasteiger partial charge is 4.00 e. The minimum absolute atomic E-state index is 0. The van der Waals surface area contributed by atoms with Gasteiger partial charge in [0.1, 0.15) is 0 Å². The molecule has 0 spiro atoms. The second-order valence-corrected chi connectivity index (χ2v) is 1.92. The van der Waals surface area contributed by atoms with Crippen LogP contribution in [0.5, 0.6) is 0 Å². The van der Waals surface area contributed by atoms with Crippen molar-refractivity contribution in [3.05, 3.63) is 0 Å². The van der Waals surface area contributed by atoms with Crippen molar-refractivity contribution in [1.82, 2.24) is 12.3 Å². The van der Waals surface area contributed by atoms with E-state index in [4.69, 9.17) is 0 Å². The maximum absolute atomic E-state index is 9.56. The molecule has 2 unspecified atom stereocenters. The number of aliphatic carboxylic acids is 2. The van der Waals surface area contributed by atoms with Crippen molar-refractivity contribution in [3.63, 3.8) is 0 Å². The minimum Gasteiger partial charge on any atom is -0.870 e. The van der Waals surface area contributed by atoms with Crippen LogP contribution in [0, 0.1) is 0 Å². The van der Waals surface area contributed by atoms with Crippen LogP contribution < -0.4 is 32.7 Å². The van der Waals surface area contributed by atoms with Gasteiger partial charge in [-0.3, -0.25) is 0 Å². The second-order valence-electron chi connectivity index (χ2n) is 1.92. The summed E-state index contributed by atoms with van der Waals surface area (Å²) in [5, 5.41) is 37.7. The number of carbonyl (C=O) groups is 2. The zero-order valence-corrected chi connectivity index (χ0v) is 11.6. The van der Waals surface area contributed by atoms with Crippen LogP contribution in [0.2, 0.25) is 0 Å². The average molecular weight is 294 g/mol. The van der Waals surface area contributed by atoms with E-state index in [9.17, 15) is 30.0 Å². The molecule has 11 heteroatoms. The summed E-state index contributed by atoms with van der Waals surface area (Å²) < 4.78 is 0. The summed E-state index contributed by atoms with van der Waals surface area (Å²) >= 11 is 0. The van der Waals surface area contributed by atoms with Gasteiger partial charge in [0.2, 0.25) is 0 Å². The van der Waals surface area contributed by atoms with Gasteiger partial charge < -0.3 is 53.3 Å². The molecular formula is C6H18N2O8Ti. The number of carboxylic acids is 2. The Hall–Kier alpha value is -0.586. The Labute approximate surface area is 113 Å². The van der Waals surface area contributed by atoms with E-state index < -0.39 is 24.1 Å². The Kier molecular flexibility index (Phi) is 63.6. The fourth-order valence-electron chi connectivity index (χ4n) is 0. The minimum atomic E-state index is -1.59. The summed E-state index contributed by atoms with van der Waals surface area (Å²) in [7, 11) is 0. The summed E-state index contributed by atoms with van der Waals surface area (Å²) in [6.07, 6.45) is -3.19. The zero-order chi connectivity index (χ0) is 10.3. The van der Waals surface area contributed by atoms with Gasteiger partial charge in [0, 0.05) is 11.9 Å². The summed E-state index contributed by atoms with van der Waals surface area (Å²) in [5.74, 6) is -3.09. The van der Waals surface area contributed by atoms with Crippen molar-refractivity contribution in [2.24, 2.45) is 0 Å². The van der Waals surface area contributed by atoms with Gasteiger partial charge in [0.25, 0.3) is 0 Å². The Bertz CT molecular complexity index is 148. The zero-order valence-electron chi connectivity index (χ0n) is 10.00. The fourth-order valence-corrected chi connectivity index (χ4v) is 0. The Morgan fingerprint density at radius 1 is 0.824 bits per heavy atom. The number of carbonyl (C=O) groups excluding carboxylic acids is 2. The number of hydrogen-bond donors (Lipinski definition) is 2. The van der Waals surface area contributed by atoms with Gasteiger partial charge in [-0.25, -0.2) is 0 Å². The van der Waals surface area contributed by atoms with Gasteiger partial charge in [-0.1, -0.05) is 26.1 Å². The molecule has 0 rings (SSSR count). The van der Waals surface area contributed by atoms with Crippen LogP contribution >= 0.6 is 0 Å². The molecular weight excluding hydrogens is 276 g/mol. The molecule has 0 aliphatic rings. The first-order chi connectivity index (χ1) is 5.29. The first-order valence-corrected chi connectivity index (χ1v) is 3.02. The topological polar surface area (TPSA) is 259 Å². The van der Waals surface area contributed by atoms with E-state index in [-0.39, 0.29) is 45.0 Å². The van der Waals surface area contributed by atoms with Crippen molar-refractivity contribution in [2.75, 3.05) is 0 Å². The molecule has 0 aliphatic heterocycles. The number of hydrogen-bond acceptors (Lipinski definition) is 8. The van der Waals surface area contributed by atoms with Crippen molar-refractivity contribution >= 4 is 11.9 Å². The fraction of sp³-hybridized carbons (Fsp3) is 0.667. The summed E-state index contributed by atoms with van der Waals surface area (Å²) in [6, 6.07) is 0. The van der Waals surface area contributed by atoms with Crippen LogP contribution in [0.25, 0.3) is 0 Å². The van der Waals surface area contributed by atoms with Crippen LogP contribution in [0.15, 0.2) is 0 Å². The van der Waals surface area contributed by atoms with Crippen LogP contribution in [-0.4, -0.2) is 35.1 Å². The third kappa shape index (κ3) is 50.5. The first kappa shape index (κ1) is 44.0. The molecule has 0 aromatic rings. The van der Waals surface area contributed by atoms with Crippen molar-refractivity contribution < 1.29 is 62.7 Å². The van der Waals surface area contributed by atoms with E-state index in [1.165, 1.54) is 0 Å². The van der Waals surface area contributed by atoms with Gasteiger partial charge in [-0.2, -0.15) is 0 Å². The third-order valence-electron chi connectivity index (χ3n) is 0.664. The third-order valence-corrected chi connectivity index (χ3v) is 0.664. The molecule has 2 atom stereocenters. The van der Waals surface area contributed by atoms with E-state index in [0.717, 1.165) is 13.8 Å². The average Bonchev–Trinajstić information content (AvgIpc) is 1.88. The van der Waals surface area contributed by atoms with E-state index in [1.54, 1.807) is 0 Å². The molecule has 0 aromatic heterocycles. The molecule has 104 valence electrons. The summed E-state index contributed by atoms with van der Waals surface area (Å²) in [4.78, 5) is 18.6. The van der Waals surface area contributed by atoms with Crippen LogP contribution in [0.4, 0.5) is 0 Å². The van der Waals surface area contributed by atoms with Crippen LogP contribution in [0.1, 0.15) is 13.8 Å². The van der Waals surface area contributed by atoms with E-state index in [2.05, 4.69) is 0 Å². The number of rotatable bonds is 2. The molecule has 0 saturated carbocycles. The first-order valence-electron chi connectivity index (χ1n) is 3.02. The molecule has 10 nitrogen and oxygen atoms in total. The molecule has 0 radical (unpaired) electrons. The predicted octanol–water partition coefficient (Wildman–Crippen LogP) is -4.63. The van der Waals surface area contributed by atoms with Crippen LogP contribution in [-0.2, 0) is 31.3 Å². The molecule has 0 aromatic carbocycles. The molecule has 0 fully saturated rings. The number of quaternary nitrogens is 2. The van der Waals surface area contributed by atoms with Crippen molar-refractivity contribution in [2.45, 2.75) is 26.1 Å². The Balaban J connectivity index is -0.0000000182. The molecule has 17 heavy (non-hydrogen) atoms. The molecule has 0 bridgehead atoms. The number of carboxylic acid groups (broad SMARTS) is 2. The monoisotopic (exact) mass is 294 g/mol. The molecule has 0 heterocycles. The quantitative estimate of drug-likeness (QED) is 0.466. The Morgan fingerprint density at radius 2 is 0.882 bits per heavy atom. The van der Waals surface area contributed by atoms with E-state index >= 15 is 0 Å². The maximum atomic E-state index is 9.56. The second kappa shape index (κ2) is 24.6. The molecule has 10 N–H and O–H groups in total. The van der Waals surface area contributed by atoms with Crippen molar-refractivity contribution in [3.8, 4) is 0 Å². The van der Waals surface area contributed by atoms with Gasteiger partial charge in [0.05, 0.1) is 0 Å². The van der Waals surface area contributed by atoms with Gasteiger partial charge >= 0.3 is 21.7 Å². The maximum Gasteiger partial charge on any atom is 4.00 e. The van der Waals surface area contributed by atoms with E-state index in [0.29, 0.717) is 0 Å². The molecule has 0 amide bonds. The van der Waals surface area contributed by atoms with E-state index in [1.807, 2.05) is 0 Å². The van der Waals surface area contributed by atoms with Crippen LogP contribution in [0.3, 0.4) is 0 Å². The summed E-state index contributed by atoms with van der Waals surface area (Å²) in [6.45, 7) is 2.05. The smallest absolute Gasteiger partial charge is 0.870 e. The molecule has 0 aliphatic carbocycles. The van der Waals surface area contributed by atoms with Crippen molar-refractivity contribution in [1.29, 1.82) is 0 Å². The van der Waals surface area contributed by atoms with Gasteiger partial charge in [0.15, 0.2) is 0 Å². The Morgan fingerprint density at radius 3 is 0.882 bits per heavy atom. The van der Waals surface area contributed by atoms with Gasteiger partial charge in [-0.05, 0) is 0 Å². The normalized spacial score (nSPS) is 9.65.